The molecular formula is C24H20ClN3O2S. The van der Waals surface area contributed by atoms with E-state index in [0.29, 0.717) is 41.0 Å². The SMILES string of the molecule is O=C(NCCc1ccccn1)c1csc(-c2ccc(OCc3ccccc3)cc2Cl)n1. The van der Waals surface area contributed by atoms with Crippen molar-refractivity contribution in [1.82, 2.24) is 15.3 Å². The van der Waals surface area contributed by atoms with E-state index >= 15 is 0 Å². The zero-order valence-electron chi connectivity index (χ0n) is 16.6. The molecule has 156 valence electrons. The minimum Gasteiger partial charge on any atom is -0.489 e. The molecule has 5 nitrogen and oxygen atoms in total. The smallest absolute Gasteiger partial charge is 0.270 e. The normalized spacial score (nSPS) is 10.6. The molecule has 7 heteroatoms. The quantitative estimate of drug-likeness (QED) is 0.390. The maximum atomic E-state index is 12.4. The lowest BCUT2D eigenvalue weighted by molar-refractivity contribution is 0.0950. The Morgan fingerprint density at radius 3 is 2.68 bits per heavy atom. The van der Waals surface area contributed by atoms with Crippen LogP contribution in [0.3, 0.4) is 0 Å². The first-order chi connectivity index (χ1) is 15.2. The fourth-order valence-electron chi connectivity index (χ4n) is 2.94. The van der Waals surface area contributed by atoms with Crippen LogP contribution in [0.4, 0.5) is 0 Å². The number of thiazole rings is 1. The van der Waals surface area contributed by atoms with Gasteiger partial charge in [-0.25, -0.2) is 4.98 Å². The van der Waals surface area contributed by atoms with Gasteiger partial charge in [-0.1, -0.05) is 48.0 Å². The van der Waals surface area contributed by atoms with E-state index in [1.165, 1.54) is 11.3 Å². The highest BCUT2D eigenvalue weighted by Gasteiger charge is 2.14. The van der Waals surface area contributed by atoms with E-state index in [1.54, 1.807) is 17.6 Å². The van der Waals surface area contributed by atoms with Gasteiger partial charge in [-0.05, 0) is 35.9 Å². The Morgan fingerprint density at radius 1 is 1.06 bits per heavy atom. The van der Waals surface area contributed by atoms with Crippen LogP contribution in [0.15, 0.2) is 78.3 Å². The van der Waals surface area contributed by atoms with Gasteiger partial charge in [-0.2, -0.15) is 0 Å². The monoisotopic (exact) mass is 449 g/mol. The molecule has 0 fully saturated rings. The molecule has 0 radical (unpaired) electrons. The summed E-state index contributed by atoms with van der Waals surface area (Å²) in [6, 6.07) is 21.2. The fourth-order valence-corrected chi connectivity index (χ4v) is 4.10. The summed E-state index contributed by atoms with van der Waals surface area (Å²) in [5, 5.41) is 5.84. The second kappa shape index (κ2) is 10.2. The summed E-state index contributed by atoms with van der Waals surface area (Å²) in [6.07, 6.45) is 2.41. The van der Waals surface area contributed by atoms with Crippen LogP contribution in [0, 0.1) is 0 Å². The molecule has 0 saturated carbocycles. The first-order valence-electron chi connectivity index (χ1n) is 9.79. The molecule has 2 aromatic heterocycles. The van der Waals surface area contributed by atoms with Crippen LogP contribution < -0.4 is 10.1 Å². The number of carbonyl (C=O) groups is 1. The first-order valence-corrected chi connectivity index (χ1v) is 11.0. The molecule has 0 saturated heterocycles. The molecule has 4 rings (SSSR count). The maximum absolute atomic E-state index is 12.4. The number of ether oxygens (including phenoxy) is 1. The highest BCUT2D eigenvalue weighted by Crippen LogP contribution is 2.33. The fraction of sp³-hybridized carbons (Fsp3) is 0.125. The number of nitrogens with one attached hydrogen (secondary N) is 1. The largest absolute Gasteiger partial charge is 0.489 e. The Bertz CT molecular complexity index is 1150. The van der Waals surface area contributed by atoms with Crippen LogP contribution in [0.25, 0.3) is 10.6 Å². The summed E-state index contributed by atoms with van der Waals surface area (Å²) < 4.78 is 5.82. The molecule has 2 aromatic carbocycles. The molecule has 0 atom stereocenters. The lowest BCUT2D eigenvalue weighted by Crippen LogP contribution is -2.26. The van der Waals surface area contributed by atoms with E-state index in [1.807, 2.05) is 60.7 Å². The number of pyridine rings is 1. The Balaban J connectivity index is 1.36. The van der Waals surface area contributed by atoms with Crippen molar-refractivity contribution < 1.29 is 9.53 Å². The van der Waals surface area contributed by atoms with Gasteiger partial charge in [0, 0.05) is 35.8 Å². The zero-order valence-corrected chi connectivity index (χ0v) is 18.2. The van der Waals surface area contributed by atoms with Crippen molar-refractivity contribution in [2.24, 2.45) is 0 Å². The van der Waals surface area contributed by atoms with E-state index in [0.717, 1.165) is 16.8 Å². The number of hydrogen-bond donors (Lipinski definition) is 1. The van der Waals surface area contributed by atoms with Gasteiger partial charge >= 0.3 is 0 Å². The van der Waals surface area contributed by atoms with Crippen LogP contribution in [0.5, 0.6) is 5.75 Å². The number of aromatic nitrogens is 2. The predicted octanol–water partition coefficient (Wildman–Crippen LogP) is 5.41. The van der Waals surface area contributed by atoms with Crippen molar-refractivity contribution in [3.8, 4) is 16.3 Å². The molecule has 0 aliphatic carbocycles. The summed E-state index contributed by atoms with van der Waals surface area (Å²) in [7, 11) is 0. The van der Waals surface area contributed by atoms with Gasteiger partial charge in [0.1, 0.15) is 23.1 Å². The summed E-state index contributed by atoms with van der Waals surface area (Å²) >= 11 is 7.85. The van der Waals surface area contributed by atoms with E-state index in [9.17, 15) is 4.79 Å². The average molecular weight is 450 g/mol. The lowest BCUT2D eigenvalue weighted by Gasteiger charge is -2.08. The number of carbonyl (C=O) groups excluding carboxylic acids is 1. The van der Waals surface area contributed by atoms with Gasteiger partial charge in [-0.15, -0.1) is 11.3 Å². The third-order valence-electron chi connectivity index (χ3n) is 4.55. The maximum Gasteiger partial charge on any atom is 0.270 e. The van der Waals surface area contributed by atoms with Crippen molar-refractivity contribution in [3.05, 3.63) is 100 Å². The zero-order chi connectivity index (χ0) is 21.5. The van der Waals surface area contributed by atoms with Crippen molar-refractivity contribution in [2.75, 3.05) is 6.54 Å². The number of rotatable bonds is 8. The number of hydrogen-bond acceptors (Lipinski definition) is 5. The minimum absolute atomic E-state index is 0.211. The Hall–Kier alpha value is -3.22. The third kappa shape index (κ3) is 5.69. The van der Waals surface area contributed by atoms with Crippen molar-refractivity contribution >= 4 is 28.8 Å². The summed E-state index contributed by atoms with van der Waals surface area (Å²) in [6.45, 7) is 0.966. The molecule has 1 amide bonds. The molecule has 2 heterocycles. The number of nitrogens with zero attached hydrogens (tertiary/aromatic N) is 2. The summed E-state index contributed by atoms with van der Waals surface area (Å²) in [4.78, 5) is 21.1. The van der Waals surface area contributed by atoms with Crippen LogP contribution in [-0.2, 0) is 13.0 Å². The number of benzene rings is 2. The molecular weight excluding hydrogens is 430 g/mol. The number of amides is 1. The van der Waals surface area contributed by atoms with Gasteiger partial charge in [0.2, 0.25) is 0 Å². The van der Waals surface area contributed by atoms with E-state index in [2.05, 4.69) is 15.3 Å². The Kier molecular flexibility index (Phi) is 6.92. The Morgan fingerprint density at radius 2 is 1.90 bits per heavy atom. The highest BCUT2D eigenvalue weighted by atomic mass is 35.5. The van der Waals surface area contributed by atoms with Gasteiger partial charge in [-0.3, -0.25) is 9.78 Å². The first kappa shape index (κ1) is 21.0. The van der Waals surface area contributed by atoms with E-state index < -0.39 is 0 Å². The number of halogens is 1. The predicted molar refractivity (Wildman–Crippen MR) is 124 cm³/mol. The van der Waals surface area contributed by atoms with Gasteiger partial charge in [0.15, 0.2) is 0 Å². The molecule has 0 bridgehead atoms. The molecule has 1 N–H and O–H groups in total. The van der Waals surface area contributed by atoms with Crippen LogP contribution in [0.2, 0.25) is 5.02 Å². The molecule has 0 aliphatic rings. The second-order valence-electron chi connectivity index (χ2n) is 6.78. The standard InChI is InChI=1S/C24H20ClN3O2S/c25-21-14-19(30-15-17-6-2-1-3-7-17)9-10-20(21)24-28-22(16-31-24)23(29)27-13-11-18-8-4-5-12-26-18/h1-10,12,14,16H,11,13,15H2,(H,27,29). The van der Waals surface area contributed by atoms with Crippen LogP contribution >= 0.6 is 22.9 Å². The molecule has 0 aliphatic heterocycles. The van der Waals surface area contributed by atoms with Gasteiger partial charge < -0.3 is 10.1 Å². The van der Waals surface area contributed by atoms with Crippen molar-refractivity contribution in [3.63, 3.8) is 0 Å². The summed E-state index contributed by atoms with van der Waals surface area (Å²) in [5.74, 6) is 0.471. The van der Waals surface area contributed by atoms with Gasteiger partial charge in [0.25, 0.3) is 5.91 Å². The lowest BCUT2D eigenvalue weighted by atomic mass is 10.2. The van der Waals surface area contributed by atoms with Crippen LogP contribution in [0.1, 0.15) is 21.7 Å². The minimum atomic E-state index is -0.211. The average Bonchev–Trinajstić information content (AvgIpc) is 3.29. The van der Waals surface area contributed by atoms with E-state index in [-0.39, 0.29) is 5.91 Å². The molecule has 0 spiro atoms. The van der Waals surface area contributed by atoms with Crippen LogP contribution in [-0.4, -0.2) is 22.4 Å². The van der Waals surface area contributed by atoms with Crippen molar-refractivity contribution in [2.45, 2.75) is 13.0 Å². The highest BCUT2D eigenvalue weighted by molar-refractivity contribution is 7.13. The topological polar surface area (TPSA) is 64.1 Å². The van der Waals surface area contributed by atoms with Crippen molar-refractivity contribution in [1.29, 1.82) is 0 Å². The molecule has 31 heavy (non-hydrogen) atoms. The Labute approximate surface area is 189 Å². The summed E-state index contributed by atoms with van der Waals surface area (Å²) in [5.41, 5.74) is 3.16. The molecule has 4 aromatic rings. The molecule has 0 unspecified atom stereocenters. The van der Waals surface area contributed by atoms with E-state index in [4.69, 9.17) is 16.3 Å². The third-order valence-corrected chi connectivity index (χ3v) is 5.74. The second-order valence-corrected chi connectivity index (χ2v) is 8.05. The van der Waals surface area contributed by atoms with Gasteiger partial charge in [0.05, 0.1) is 5.02 Å².